The number of rotatable bonds is 5. The Labute approximate surface area is 186 Å². The van der Waals surface area contributed by atoms with E-state index in [0.29, 0.717) is 23.1 Å². The predicted octanol–water partition coefficient (Wildman–Crippen LogP) is 6.32. The molecule has 4 nitrogen and oxygen atoms in total. The van der Waals surface area contributed by atoms with Gasteiger partial charge < -0.3 is 9.84 Å². The Morgan fingerprint density at radius 2 is 1.80 bits per heavy atom. The molecule has 6 heteroatoms. The van der Waals surface area contributed by atoms with Crippen molar-refractivity contribution in [3.05, 3.63) is 93.5 Å². The number of nitrogens with one attached hydrogen (secondary N) is 1. The first-order chi connectivity index (χ1) is 14.5. The van der Waals surface area contributed by atoms with Crippen molar-refractivity contribution < 1.29 is 9.84 Å². The molecule has 0 spiro atoms. The molecular weight excluding hydrogens is 419 g/mol. The Hall–Kier alpha value is -2.53. The molecule has 3 aromatic carbocycles. The van der Waals surface area contributed by atoms with E-state index in [4.69, 9.17) is 32.9 Å². The van der Waals surface area contributed by atoms with Crippen LogP contribution in [0.5, 0.6) is 11.5 Å². The molecule has 0 bridgehead atoms. The van der Waals surface area contributed by atoms with Gasteiger partial charge in [0.1, 0.15) is 17.7 Å². The normalized spacial score (nSPS) is 18.7. The van der Waals surface area contributed by atoms with E-state index in [1.54, 1.807) is 18.2 Å². The molecule has 0 aromatic heterocycles. The molecule has 2 N–H and O–H groups in total. The second-order valence-corrected chi connectivity index (χ2v) is 7.93. The molecule has 154 valence electrons. The number of ether oxygens (including phenoxy) is 1. The first kappa shape index (κ1) is 20.7. The third-order valence-electron chi connectivity index (χ3n) is 5.10. The molecule has 0 saturated carbocycles. The smallest absolute Gasteiger partial charge is 0.127 e. The van der Waals surface area contributed by atoms with Crippen LogP contribution >= 0.6 is 23.2 Å². The van der Waals surface area contributed by atoms with Crippen LogP contribution < -0.4 is 10.1 Å². The number of nitrogens with zero attached hydrogens (tertiary/aromatic N) is 1. The van der Waals surface area contributed by atoms with E-state index in [1.807, 2.05) is 55.5 Å². The van der Waals surface area contributed by atoms with E-state index in [-0.39, 0.29) is 18.0 Å². The van der Waals surface area contributed by atoms with E-state index in [9.17, 15) is 5.11 Å². The van der Waals surface area contributed by atoms with Gasteiger partial charge in [0.25, 0.3) is 0 Å². The third kappa shape index (κ3) is 4.46. The number of hydrogen-bond donors (Lipinski definition) is 2. The predicted molar refractivity (Wildman–Crippen MR) is 122 cm³/mol. The molecule has 1 heterocycles. The standard InChI is InChI=1S/C24H22Cl2N2O2/c1-2-30-17-10-7-15(8-11-17)21-14-22(19-13-16(25)9-12-23(19)29)28-24(27-21)18-5-3-4-6-20(18)26/h3-13,22,24,28-29H,2,14H2,1H3/t22-,24-/m1/s1. The van der Waals surface area contributed by atoms with Crippen molar-refractivity contribution in [3.8, 4) is 11.5 Å². The van der Waals surface area contributed by atoms with Crippen LogP contribution in [0.4, 0.5) is 0 Å². The van der Waals surface area contributed by atoms with Gasteiger partial charge in [0.15, 0.2) is 0 Å². The lowest BCUT2D eigenvalue weighted by Crippen LogP contribution is -2.33. The highest BCUT2D eigenvalue weighted by molar-refractivity contribution is 6.31. The highest BCUT2D eigenvalue weighted by Crippen LogP contribution is 2.37. The van der Waals surface area contributed by atoms with Gasteiger partial charge in [-0.15, -0.1) is 0 Å². The number of aromatic hydroxyl groups is 1. The molecule has 0 aliphatic carbocycles. The number of benzene rings is 3. The minimum Gasteiger partial charge on any atom is -0.508 e. The molecule has 0 unspecified atom stereocenters. The molecule has 4 rings (SSSR count). The van der Waals surface area contributed by atoms with Crippen LogP contribution in [0.15, 0.2) is 71.7 Å². The Morgan fingerprint density at radius 1 is 1.03 bits per heavy atom. The zero-order valence-corrected chi connectivity index (χ0v) is 18.0. The van der Waals surface area contributed by atoms with Crippen molar-refractivity contribution in [1.82, 2.24) is 5.32 Å². The summed E-state index contributed by atoms with van der Waals surface area (Å²) in [4.78, 5) is 4.95. The topological polar surface area (TPSA) is 53.8 Å². The van der Waals surface area contributed by atoms with Crippen molar-refractivity contribution in [3.63, 3.8) is 0 Å². The Bertz CT molecular complexity index is 1070. The average Bonchev–Trinajstić information content (AvgIpc) is 2.76. The monoisotopic (exact) mass is 440 g/mol. The minimum absolute atomic E-state index is 0.177. The van der Waals surface area contributed by atoms with Gasteiger partial charge in [-0.25, -0.2) is 0 Å². The van der Waals surface area contributed by atoms with Crippen molar-refractivity contribution in [2.75, 3.05) is 6.61 Å². The Morgan fingerprint density at radius 3 is 2.53 bits per heavy atom. The zero-order valence-electron chi connectivity index (χ0n) is 16.5. The van der Waals surface area contributed by atoms with Gasteiger partial charge in [-0.2, -0.15) is 0 Å². The number of phenols is 1. The molecule has 0 amide bonds. The second kappa shape index (κ2) is 9.09. The van der Waals surface area contributed by atoms with Crippen LogP contribution in [-0.4, -0.2) is 17.4 Å². The molecular formula is C24H22Cl2N2O2. The highest BCUT2D eigenvalue weighted by atomic mass is 35.5. The fourth-order valence-corrected chi connectivity index (χ4v) is 4.07. The fourth-order valence-electron chi connectivity index (χ4n) is 3.65. The van der Waals surface area contributed by atoms with Crippen molar-refractivity contribution >= 4 is 28.9 Å². The van der Waals surface area contributed by atoms with Crippen molar-refractivity contribution in [2.24, 2.45) is 4.99 Å². The van der Waals surface area contributed by atoms with Crippen LogP contribution in [0.1, 0.15) is 42.2 Å². The van der Waals surface area contributed by atoms with Gasteiger partial charge in [0.05, 0.1) is 6.61 Å². The quantitative estimate of drug-likeness (QED) is 0.487. The summed E-state index contributed by atoms with van der Waals surface area (Å²) < 4.78 is 5.56. The van der Waals surface area contributed by atoms with Crippen LogP contribution in [0, 0.1) is 0 Å². The highest BCUT2D eigenvalue weighted by Gasteiger charge is 2.28. The van der Waals surface area contributed by atoms with Crippen LogP contribution in [0.2, 0.25) is 10.0 Å². The van der Waals surface area contributed by atoms with Gasteiger partial charge in [-0.05, 0) is 61.0 Å². The lowest BCUT2D eigenvalue weighted by Gasteiger charge is -2.31. The molecule has 0 fully saturated rings. The summed E-state index contributed by atoms with van der Waals surface area (Å²) in [6.07, 6.45) is 0.250. The van der Waals surface area contributed by atoms with Crippen molar-refractivity contribution in [2.45, 2.75) is 25.6 Å². The van der Waals surface area contributed by atoms with Gasteiger partial charge >= 0.3 is 0 Å². The number of hydrogen-bond acceptors (Lipinski definition) is 4. The van der Waals surface area contributed by atoms with Crippen LogP contribution in [-0.2, 0) is 0 Å². The maximum absolute atomic E-state index is 10.5. The summed E-state index contributed by atoms with van der Waals surface area (Å²) in [5.74, 6) is 1.02. The minimum atomic E-state index is -0.350. The zero-order chi connectivity index (χ0) is 21.1. The molecule has 1 aliphatic heterocycles. The Balaban J connectivity index is 1.75. The first-order valence-corrected chi connectivity index (χ1v) is 10.6. The maximum atomic E-state index is 10.5. The third-order valence-corrected chi connectivity index (χ3v) is 5.68. The summed E-state index contributed by atoms with van der Waals surface area (Å²) in [5.41, 5.74) is 3.54. The molecule has 30 heavy (non-hydrogen) atoms. The number of aliphatic imine (C=N–C) groups is 1. The maximum Gasteiger partial charge on any atom is 0.127 e. The van der Waals surface area contributed by atoms with E-state index in [1.165, 1.54) is 0 Å². The van der Waals surface area contributed by atoms with E-state index >= 15 is 0 Å². The molecule has 1 aliphatic rings. The van der Waals surface area contributed by atoms with Gasteiger partial charge in [0.2, 0.25) is 0 Å². The summed E-state index contributed by atoms with van der Waals surface area (Å²) in [6.45, 7) is 2.58. The summed E-state index contributed by atoms with van der Waals surface area (Å²) in [6, 6.07) is 20.5. The molecule has 2 atom stereocenters. The number of halogens is 2. The lowest BCUT2D eigenvalue weighted by molar-refractivity contribution is 0.340. The molecule has 0 saturated heterocycles. The van der Waals surface area contributed by atoms with Gasteiger partial charge in [-0.1, -0.05) is 41.4 Å². The first-order valence-electron chi connectivity index (χ1n) is 9.84. The van der Waals surface area contributed by atoms with E-state index < -0.39 is 0 Å². The van der Waals surface area contributed by atoms with Crippen molar-refractivity contribution in [1.29, 1.82) is 0 Å². The second-order valence-electron chi connectivity index (χ2n) is 7.08. The summed E-state index contributed by atoms with van der Waals surface area (Å²) in [7, 11) is 0. The van der Waals surface area contributed by atoms with E-state index in [0.717, 1.165) is 28.2 Å². The van der Waals surface area contributed by atoms with Crippen LogP contribution in [0.3, 0.4) is 0 Å². The molecule has 0 radical (unpaired) electrons. The summed E-state index contributed by atoms with van der Waals surface area (Å²) in [5, 5.41) is 15.2. The SMILES string of the molecule is CCOc1ccc(C2=N[C@@H](c3ccccc3Cl)N[C@@H](c3cc(Cl)ccc3O)C2)cc1. The fraction of sp³-hybridized carbons (Fsp3) is 0.208. The summed E-state index contributed by atoms with van der Waals surface area (Å²) >= 11 is 12.7. The Kier molecular flexibility index (Phi) is 6.28. The molecule has 3 aromatic rings. The largest absolute Gasteiger partial charge is 0.508 e. The van der Waals surface area contributed by atoms with Gasteiger partial charge in [0, 0.05) is 39.3 Å². The average molecular weight is 441 g/mol. The van der Waals surface area contributed by atoms with Gasteiger partial charge in [-0.3, -0.25) is 10.3 Å². The lowest BCUT2D eigenvalue weighted by atomic mass is 9.93. The van der Waals surface area contributed by atoms with Crippen LogP contribution in [0.25, 0.3) is 0 Å². The number of phenolic OH excluding ortho intramolecular Hbond substituents is 1. The van der Waals surface area contributed by atoms with E-state index in [2.05, 4.69) is 5.32 Å².